The Morgan fingerprint density at radius 3 is 2.64 bits per heavy atom. The summed E-state index contributed by atoms with van der Waals surface area (Å²) in [5.74, 6) is 0.102. The third-order valence-electron chi connectivity index (χ3n) is 4.09. The Hall–Kier alpha value is -2.90. The number of carbonyl (C=O) groups is 2. The number of nitrogens with zero attached hydrogens (tertiary/aromatic N) is 4. The van der Waals surface area contributed by atoms with Crippen LogP contribution in [-0.2, 0) is 11.3 Å². The van der Waals surface area contributed by atoms with E-state index in [-0.39, 0.29) is 29.5 Å². The molecule has 1 aliphatic heterocycles. The zero-order valence-corrected chi connectivity index (χ0v) is 14.1. The molecule has 0 unspecified atom stereocenters. The van der Waals surface area contributed by atoms with Gasteiger partial charge in [0.25, 0.3) is 5.91 Å². The largest absolute Gasteiger partial charge is 0.456 e. The lowest BCUT2D eigenvalue weighted by molar-refractivity contribution is -0.131. The third-order valence-corrected chi connectivity index (χ3v) is 4.09. The second kappa shape index (κ2) is 7.33. The summed E-state index contributed by atoms with van der Waals surface area (Å²) in [6.45, 7) is 3.77. The summed E-state index contributed by atoms with van der Waals surface area (Å²) in [4.78, 5) is 39.8. The van der Waals surface area contributed by atoms with Gasteiger partial charge in [-0.1, -0.05) is 0 Å². The van der Waals surface area contributed by atoms with Crippen molar-refractivity contribution in [2.45, 2.75) is 19.9 Å². The number of carbonyl (C=O) groups excluding carboxylic acids is 2. The predicted molar refractivity (Wildman–Crippen MR) is 89.0 cm³/mol. The lowest BCUT2D eigenvalue weighted by Gasteiger charge is -2.22. The summed E-state index contributed by atoms with van der Waals surface area (Å²) in [7, 11) is 0. The van der Waals surface area contributed by atoms with E-state index in [1.807, 2.05) is 0 Å². The zero-order valence-electron chi connectivity index (χ0n) is 14.1. The molecule has 3 rings (SSSR count). The van der Waals surface area contributed by atoms with Crippen molar-refractivity contribution >= 4 is 11.8 Å². The second-order valence-electron chi connectivity index (χ2n) is 6.00. The number of hydrogen-bond donors (Lipinski definition) is 0. The van der Waals surface area contributed by atoms with Crippen LogP contribution in [0.2, 0.25) is 0 Å². The van der Waals surface area contributed by atoms with Crippen molar-refractivity contribution in [2.24, 2.45) is 0 Å². The van der Waals surface area contributed by atoms with Gasteiger partial charge in [-0.15, -0.1) is 0 Å². The van der Waals surface area contributed by atoms with Gasteiger partial charge in [0.05, 0.1) is 0 Å². The van der Waals surface area contributed by atoms with Crippen LogP contribution in [0, 0.1) is 6.92 Å². The topological polar surface area (TPSA) is 88.7 Å². The fourth-order valence-corrected chi connectivity index (χ4v) is 2.87. The molecule has 2 aromatic rings. The summed E-state index contributed by atoms with van der Waals surface area (Å²) >= 11 is 0. The lowest BCUT2D eigenvalue weighted by atomic mass is 10.3. The molecule has 0 bridgehead atoms. The van der Waals surface area contributed by atoms with Gasteiger partial charge in [0.15, 0.2) is 11.2 Å². The van der Waals surface area contributed by atoms with Gasteiger partial charge in [-0.2, -0.15) is 5.10 Å². The van der Waals surface area contributed by atoms with Gasteiger partial charge in [-0.3, -0.25) is 19.1 Å². The van der Waals surface area contributed by atoms with E-state index in [9.17, 15) is 14.4 Å². The highest BCUT2D eigenvalue weighted by Crippen LogP contribution is 2.10. The maximum atomic E-state index is 12.6. The van der Waals surface area contributed by atoms with Crippen molar-refractivity contribution in [3.8, 4) is 0 Å². The minimum absolute atomic E-state index is 0.0277. The second-order valence-corrected chi connectivity index (χ2v) is 6.00. The van der Waals surface area contributed by atoms with Crippen LogP contribution in [0.1, 0.15) is 22.7 Å². The van der Waals surface area contributed by atoms with Gasteiger partial charge in [-0.25, -0.2) is 0 Å². The van der Waals surface area contributed by atoms with Gasteiger partial charge in [0, 0.05) is 50.7 Å². The Morgan fingerprint density at radius 1 is 1.16 bits per heavy atom. The van der Waals surface area contributed by atoms with E-state index in [2.05, 4.69) is 5.10 Å². The fourth-order valence-electron chi connectivity index (χ4n) is 2.87. The van der Waals surface area contributed by atoms with E-state index >= 15 is 0 Å². The molecule has 0 N–H and O–H groups in total. The number of aromatic nitrogens is 2. The summed E-state index contributed by atoms with van der Waals surface area (Å²) in [5, 5.41) is 4.04. The van der Waals surface area contributed by atoms with Crippen LogP contribution in [0.15, 0.2) is 39.8 Å². The molecule has 0 saturated carbocycles. The smallest absolute Gasteiger partial charge is 0.289 e. The monoisotopic (exact) mass is 344 g/mol. The van der Waals surface area contributed by atoms with E-state index in [4.69, 9.17) is 4.42 Å². The van der Waals surface area contributed by atoms with Crippen LogP contribution >= 0.6 is 0 Å². The van der Waals surface area contributed by atoms with Crippen molar-refractivity contribution in [2.75, 3.05) is 26.2 Å². The number of aryl methyl sites for hydroxylation is 1. The van der Waals surface area contributed by atoms with E-state index in [1.165, 1.54) is 12.1 Å². The molecule has 2 amide bonds. The van der Waals surface area contributed by atoms with Crippen LogP contribution < -0.4 is 5.43 Å². The first-order chi connectivity index (χ1) is 12.0. The molecule has 25 heavy (non-hydrogen) atoms. The highest BCUT2D eigenvalue weighted by molar-refractivity contribution is 5.91. The van der Waals surface area contributed by atoms with Crippen molar-refractivity contribution < 1.29 is 14.0 Å². The summed E-state index contributed by atoms with van der Waals surface area (Å²) in [6.07, 6.45) is 4.05. The zero-order chi connectivity index (χ0) is 17.8. The maximum Gasteiger partial charge on any atom is 0.289 e. The molecule has 1 aliphatic rings. The predicted octanol–water partition coefficient (Wildman–Crippen LogP) is 0.519. The van der Waals surface area contributed by atoms with E-state index in [0.717, 1.165) is 0 Å². The Bertz CT molecular complexity index is 812. The number of amides is 2. The first-order valence-electron chi connectivity index (χ1n) is 8.19. The quantitative estimate of drug-likeness (QED) is 0.810. The van der Waals surface area contributed by atoms with Gasteiger partial charge in [0.1, 0.15) is 12.3 Å². The standard InChI is InChI=1S/C17H20N4O4/c1-13-10-14(22)11-15(25-13)17(24)20-6-3-5-19(8-9-20)16(23)12-21-7-2-4-18-21/h2,4,7,10-11H,3,5-6,8-9,12H2,1H3. The Morgan fingerprint density at radius 2 is 1.92 bits per heavy atom. The Balaban J connectivity index is 1.63. The number of hydrogen-bond acceptors (Lipinski definition) is 5. The average Bonchev–Trinajstić information content (AvgIpc) is 2.94. The van der Waals surface area contributed by atoms with E-state index in [0.29, 0.717) is 38.4 Å². The molecular formula is C17H20N4O4. The van der Waals surface area contributed by atoms with Gasteiger partial charge >= 0.3 is 0 Å². The molecule has 0 aromatic carbocycles. The van der Waals surface area contributed by atoms with Crippen molar-refractivity contribution in [1.82, 2.24) is 19.6 Å². The first-order valence-corrected chi connectivity index (χ1v) is 8.19. The van der Waals surface area contributed by atoms with E-state index < -0.39 is 0 Å². The highest BCUT2D eigenvalue weighted by atomic mass is 16.3. The average molecular weight is 344 g/mol. The molecule has 0 spiro atoms. The van der Waals surface area contributed by atoms with Crippen LogP contribution in [0.4, 0.5) is 0 Å². The lowest BCUT2D eigenvalue weighted by Crippen LogP contribution is -2.38. The van der Waals surface area contributed by atoms with Gasteiger partial charge in [0.2, 0.25) is 5.91 Å². The third kappa shape index (κ3) is 4.14. The van der Waals surface area contributed by atoms with E-state index in [1.54, 1.807) is 39.9 Å². The summed E-state index contributed by atoms with van der Waals surface area (Å²) in [6, 6.07) is 4.32. The van der Waals surface area contributed by atoms with Crippen molar-refractivity contribution in [3.05, 3.63) is 52.3 Å². The summed E-state index contributed by atoms with van der Waals surface area (Å²) in [5.41, 5.74) is -0.252. The van der Waals surface area contributed by atoms with Crippen LogP contribution in [0.5, 0.6) is 0 Å². The molecule has 2 aromatic heterocycles. The Kier molecular flexibility index (Phi) is 4.97. The highest BCUT2D eigenvalue weighted by Gasteiger charge is 2.24. The first kappa shape index (κ1) is 16.9. The normalized spacial score (nSPS) is 15.1. The fraction of sp³-hybridized carbons (Fsp3) is 0.412. The van der Waals surface area contributed by atoms with Crippen molar-refractivity contribution in [3.63, 3.8) is 0 Å². The summed E-state index contributed by atoms with van der Waals surface area (Å²) < 4.78 is 6.96. The minimum atomic E-state index is -0.317. The molecule has 0 atom stereocenters. The van der Waals surface area contributed by atoms with Gasteiger partial charge in [-0.05, 0) is 19.4 Å². The maximum absolute atomic E-state index is 12.6. The number of rotatable bonds is 3. The molecule has 1 fully saturated rings. The van der Waals surface area contributed by atoms with Gasteiger partial charge < -0.3 is 14.2 Å². The Labute approximate surface area is 144 Å². The molecule has 1 saturated heterocycles. The van der Waals surface area contributed by atoms with Crippen LogP contribution in [0.25, 0.3) is 0 Å². The van der Waals surface area contributed by atoms with Crippen molar-refractivity contribution in [1.29, 1.82) is 0 Å². The van der Waals surface area contributed by atoms with Crippen LogP contribution in [0.3, 0.4) is 0 Å². The molecule has 8 nitrogen and oxygen atoms in total. The van der Waals surface area contributed by atoms with Crippen LogP contribution in [-0.4, -0.2) is 57.6 Å². The minimum Gasteiger partial charge on any atom is -0.456 e. The molecular weight excluding hydrogens is 324 g/mol. The molecule has 0 aliphatic carbocycles. The molecule has 8 heteroatoms. The molecule has 0 radical (unpaired) electrons. The molecule has 3 heterocycles. The molecule has 132 valence electrons. The SMILES string of the molecule is Cc1cc(=O)cc(C(=O)N2CCCN(C(=O)Cn3cccn3)CC2)o1.